The average molecular weight is 331 g/mol. The van der Waals surface area contributed by atoms with Crippen LogP contribution in [-0.2, 0) is 6.54 Å². The summed E-state index contributed by atoms with van der Waals surface area (Å²) >= 11 is 4.95. The van der Waals surface area contributed by atoms with Crippen LogP contribution in [0.4, 0.5) is 0 Å². The van der Waals surface area contributed by atoms with Crippen LogP contribution in [0, 0.1) is 0 Å². The largest absolute Gasteiger partial charge is 0.493 e. The van der Waals surface area contributed by atoms with Crippen molar-refractivity contribution in [2.75, 3.05) is 7.11 Å². The van der Waals surface area contributed by atoms with Crippen LogP contribution in [0.1, 0.15) is 30.7 Å². The Morgan fingerprint density at radius 2 is 2.39 bits per heavy atom. The van der Waals surface area contributed by atoms with Gasteiger partial charge in [-0.2, -0.15) is 5.10 Å². The number of hydrogen-bond acceptors (Lipinski definition) is 4. The van der Waals surface area contributed by atoms with Crippen LogP contribution in [0.15, 0.2) is 21.4 Å². The number of nitrogens with zero attached hydrogens (tertiary/aromatic N) is 2. The van der Waals surface area contributed by atoms with Crippen molar-refractivity contribution >= 4 is 27.3 Å². The quantitative estimate of drug-likeness (QED) is 0.915. The molecule has 0 bridgehead atoms. The topological polar surface area (TPSA) is 47.3 Å². The van der Waals surface area contributed by atoms with E-state index in [0.29, 0.717) is 11.4 Å². The van der Waals surface area contributed by atoms with Crippen LogP contribution in [0.25, 0.3) is 0 Å². The van der Waals surface area contributed by atoms with Crippen LogP contribution < -0.4 is 4.74 Å². The monoisotopic (exact) mass is 330 g/mol. The average Bonchev–Trinajstić information content (AvgIpc) is 2.95. The van der Waals surface area contributed by atoms with Gasteiger partial charge in [-0.3, -0.25) is 4.68 Å². The minimum Gasteiger partial charge on any atom is -0.493 e. The highest BCUT2D eigenvalue weighted by Gasteiger charge is 2.22. The Kier molecular flexibility index (Phi) is 4.42. The molecule has 0 saturated heterocycles. The van der Waals surface area contributed by atoms with Crippen molar-refractivity contribution in [2.45, 2.75) is 26.0 Å². The molecule has 0 amide bonds. The Morgan fingerprint density at radius 3 is 2.94 bits per heavy atom. The first kappa shape index (κ1) is 13.6. The molecular weight excluding hydrogens is 316 g/mol. The molecule has 1 unspecified atom stereocenters. The highest BCUT2D eigenvalue weighted by molar-refractivity contribution is 9.11. The normalized spacial score (nSPS) is 12.7. The molecule has 2 aromatic heterocycles. The zero-order chi connectivity index (χ0) is 13.1. The van der Waals surface area contributed by atoms with E-state index in [4.69, 9.17) is 4.74 Å². The van der Waals surface area contributed by atoms with Gasteiger partial charge >= 0.3 is 0 Å². The fourth-order valence-electron chi connectivity index (χ4n) is 1.83. The van der Waals surface area contributed by atoms with Crippen LogP contribution in [0.2, 0.25) is 0 Å². The van der Waals surface area contributed by atoms with Crippen LogP contribution in [0.5, 0.6) is 5.75 Å². The van der Waals surface area contributed by atoms with Gasteiger partial charge in [-0.05, 0) is 39.4 Å². The predicted molar refractivity (Wildman–Crippen MR) is 75.2 cm³/mol. The van der Waals surface area contributed by atoms with E-state index in [-0.39, 0.29) is 0 Å². The first-order chi connectivity index (χ1) is 8.67. The maximum atomic E-state index is 10.5. The number of aliphatic hydroxyl groups is 1. The molecule has 6 heteroatoms. The number of aryl methyl sites for hydroxylation is 1. The van der Waals surface area contributed by atoms with Crippen molar-refractivity contribution in [1.82, 2.24) is 9.78 Å². The maximum Gasteiger partial charge on any atom is 0.163 e. The highest BCUT2D eigenvalue weighted by atomic mass is 79.9. The van der Waals surface area contributed by atoms with E-state index in [1.165, 1.54) is 0 Å². The summed E-state index contributed by atoms with van der Waals surface area (Å²) in [6.07, 6.45) is 1.89. The Bertz CT molecular complexity index is 524. The van der Waals surface area contributed by atoms with Crippen molar-refractivity contribution in [3.05, 3.63) is 32.7 Å². The first-order valence-corrected chi connectivity index (χ1v) is 7.36. The van der Waals surface area contributed by atoms with Gasteiger partial charge in [0.25, 0.3) is 0 Å². The summed E-state index contributed by atoms with van der Waals surface area (Å²) in [5.74, 6) is 0.623. The molecule has 0 radical (unpaired) electrons. The SMILES string of the molecule is CCCn1ncc(OC)c1C(O)c1csc(Br)c1. The summed E-state index contributed by atoms with van der Waals surface area (Å²) in [5, 5.41) is 16.6. The Hall–Kier alpha value is -0.850. The third-order valence-corrected chi connectivity index (χ3v) is 4.19. The minimum atomic E-state index is -0.712. The maximum absolute atomic E-state index is 10.5. The van der Waals surface area contributed by atoms with Gasteiger partial charge in [0.2, 0.25) is 0 Å². The molecule has 2 aromatic rings. The lowest BCUT2D eigenvalue weighted by Gasteiger charge is -2.13. The molecule has 0 aliphatic carbocycles. The van der Waals surface area contributed by atoms with Gasteiger partial charge in [0.05, 0.1) is 17.1 Å². The molecule has 98 valence electrons. The molecule has 0 aliphatic heterocycles. The molecule has 1 atom stereocenters. The summed E-state index contributed by atoms with van der Waals surface area (Å²) in [6.45, 7) is 2.84. The summed E-state index contributed by atoms with van der Waals surface area (Å²) in [4.78, 5) is 0. The van der Waals surface area contributed by atoms with Gasteiger partial charge in [0.1, 0.15) is 11.8 Å². The fraction of sp³-hybridized carbons (Fsp3) is 0.417. The Labute approximate surface area is 118 Å². The van der Waals surface area contributed by atoms with Gasteiger partial charge in [0.15, 0.2) is 5.75 Å². The van der Waals surface area contributed by atoms with Gasteiger partial charge < -0.3 is 9.84 Å². The zero-order valence-electron chi connectivity index (χ0n) is 10.3. The van der Waals surface area contributed by atoms with Gasteiger partial charge in [-0.1, -0.05) is 6.92 Å². The summed E-state index contributed by atoms with van der Waals surface area (Å²) in [7, 11) is 1.59. The third kappa shape index (κ3) is 2.60. The van der Waals surface area contributed by atoms with E-state index in [1.807, 2.05) is 11.4 Å². The summed E-state index contributed by atoms with van der Waals surface area (Å²) in [5.41, 5.74) is 1.56. The van der Waals surface area contributed by atoms with E-state index in [2.05, 4.69) is 28.0 Å². The third-order valence-electron chi connectivity index (χ3n) is 2.66. The van der Waals surface area contributed by atoms with E-state index in [0.717, 1.165) is 22.3 Å². The van der Waals surface area contributed by atoms with Crippen molar-refractivity contribution in [3.63, 3.8) is 0 Å². The molecule has 0 aliphatic rings. The van der Waals surface area contributed by atoms with Gasteiger partial charge in [-0.25, -0.2) is 0 Å². The van der Waals surface area contributed by atoms with Crippen LogP contribution in [-0.4, -0.2) is 22.0 Å². The number of aromatic nitrogens is 2. The number of ether oxygens (including phenoxy) is 1. The smallest absolute Gasteiger partial charge is 0.163 e. The number of thiophene rings is 1. The number of hydrogen-bond donors (Lipinski definition) is 1. The molecule has 4 nitrogen and oxygen atoms in total. The predicted octanol–water partition coefficient (Wildman–Crippen LogP) is 3.21. The molecule has 1 N–H and O–H groups in total. The van der Waals surface area contributed by atoms with Crippen molar-refractivity contribution in [2.24, 2.45) is 0 Å². The second-order valence-electron chi connectivity index (χ2n) is 3.91. The fourth-order valence-corrected chi connectivity index (χ4v) is 3.02. The number of aliphatic hydroxyl groups excluding tert-OH is 1. The van der Waals surface area contributed by atoms with E-state index in [1.54, 1.807) is 29.3 Å². The lowest BCUT2D eigenvalue weighted by Crippen LogP contribution is -2.10. The summed E-state index contributed by atoms with van der Waals surface area (Å²) in [6, 6.07) is 1.91. The number of rotatable bonds is 5. The number of methoxy groups -OCH3 is 1. The van der Waals surface area contributed by atoms with E-state index in [9.17, 15) is 5.11 Å². The lowest BCUT2D eigenvalue weighted by molar-refractivity contribution is 0.202. The molecule has 2 heterocycles. The molecule has 0 fully saturated rings. The zero-order valence-corrected chi connectivity index (χ0v) is 12.7. The van der Waals surface area contributed by atoms with E-state index < -0.39 is 6.10 Å². The minimum absolute atomic E-state index is 0.623. The van der Waals surface area contributed by atoms with E-state index >= 15 is 0 Å². The van der Waals surface area contributed by atoms with Crippen LogP contribution >= 0.6 is 27.3 Å². The molecule has 0 saturated carbocycles. The standard InChI is InChI=1S/C12H15BrN2O2S/c1-3-4-15-11(9(17-2)6-14-15)12(16)8-5-10(13)18-7-8/h5-7,12,16H,3-4H2,1-2H3. The highest BCUT2D eigenvalue weighted by Crippen LogP contribution is 2.33. The molecule has 2 rings (SSSR count). The van der Waals surface area contributed by atoms with Gasteiger partial charge in [-0.15, -0.1) is 11.3 Å². The Balaban J connectivity index is 2.38. The first-order valence-electron chi connectivity index (χ1n) is 5.69. The lowest BCUT2D eigenvalue weighted by atomic mass is 10.1. The second kappa shape index (κ2) is 5.86. The molecular formula is C12H15BrN2O2S. The molecule has 0 spiro atoms. The Morgan fingerprint density at radius 1 is 1.61 bits per heavy atom. The van der Waals surface area contributed by atoms with Crippen LogP contribution in [0.3, 0.4) is 0 Å². The molecule has 18 heavy (non-hydrogen) atoms. The van der Waals surface area contributed by atoms with Gasteiger partial charge in [0, 0.05) is 6.54 Å². The van der Waals surface area contributed by atoms with Crippen molar-refractivity contribution < 1.29 is 9.84 Å². The van der Waals surface area contributed by atoms with Crippen molar-refractivity contribution in [1.29, 1.82) is 0 Å². The summed E-state index contributed by atoms with van der Waals surface area (Å²) < 4.78 is 8.07. The molecule has 0 aromatic carbocycles. The van der Waals surface area contributed by atoms with Crippen molar-refractivity contribution in [3.8, 4) is 5.75 Å². The second-order valence-corrected chi connectivity index (χ2v) is 6.20. The number of halogens is 1.